The maximum absolute atomic E-state index is 13.4. The maximum atomic E-state index is 13.4. The van der Waals surface area contributed by atoms with Gasteiger partial charge in [-0.15, -0.1) is 0 Å². The monoisotopic (exact) mass is 287 g/mol. The summed E-state index contributed by atoms with van der Waals surface area (Å²) < 4.78 is 29.2. The molecule has 0 aliphatic heterocycles. The summed E-state index contributed by atoms with van der Waals surface area (Å²) in [5.41, 5.74) is -0.0954. The van der Waals surface area contributed by atoms with Crippen LogP contribution >= 0.6 is 0 Å². The van der Waals surface area contributed by atoms with Gasteiger partial charge < -0.3 is 14.2 Å². The molecule has 0 N–H and O–H groups in total. The molecule has 2 aromatic carbocycles. The Labute approximate surface area is 122 Å². The van der Waals surface area contributed by atoms with Gasteiger partial charge in [-0.3, -0.25) is 0 Å². The zero-order valence-corrected chi connectivity index (χ0v) is 11.5. The number of hydrogen-bond donors (Lipinski definition) is 0. The average Bonchev–Trinajstić information content (AvgIpc) is 2.52. The molecule has 0 saturated heterocycles. The van der Waals surface area contributed by atoms with Crippen molar-refractivity contribution in [3.63, 3.8) is 0 Å². The Hall–Kier alpha value is -2.74. The highest BCUT2D eigenvalue weighted by Crippen LogP contribution is 2.20. The fourth-order valence-electron chi connectivity index (χ4n) is 1.72. The Kier molecular flexibility index (Phi) is 4.99. The summed E-state index contributed by atoms with van der Waals surface area (Å²) in [4.78, 5) is 0. The zero-order chi connectivity index (χ0) is 15.1. The van der Waals surface area contributed by atoms with Gasteiger partial charge in [0.1, 0.15) is 47.9 Å². The summed E-state index contributed by atoms with van der Waals surface area (Å²) in [6, 6.07) is 13.2. The lowest BCUT2D eigenvalue weighted by atomic mass is 10.2. The van der Waals surface area contributed by atoms with Crippen molar-refractivity contribution in [3.8, 4) is 23.3 Å². The van der Waals surface area contributed by atoms with Crippen molar-refractivity contribution in [1.82, 2.24) is 0 Å². The van der Waals surface area contributed by atoms with Crippen LogP contribution in [0.5, 0.6) is 17.2 Å². The van der Waals surface area contributed by atoms with Crippen LogP contribution in [0.15, 0.2) is 42.5 Å². The van der Waals surface area contributed by atoms with Gasteiger partial charge in [0.05, 0.1) is 7.11 Å². The minimum Gasteiger partial charge on any atom is -0.497 e. The molecule has 0 saturated carbocycles. The predicted octanol–water partition coefficient (Wildman–Crippen LogP) is 3.16. The van der Waals surface area contributed by atoms with Crippen LogP contribution in [-0.2, 0) is 0 Å². The lowest BCUT2D eigenvalue weighted by Crippen LogP contribution is -2.10. The van der Waals surface area contributed by atoms with Crippen LogP contribution in [0, 0.1) is 17.1 Å². The molecule has 108 valence electrons. The molecule has 4 nitrogen and oxygen atoms in total. The van der Waals surface area contributed by atoms with E-state index in [0.29, 0.717) is 5.75 Å². The third-order valence-corrected chi connectivity index (χ3v) is 2.76. The molecule has 0 heterocycles. The summed E-state index contributed by atoms with van der Waals surface area (Å²) in [7, 11) is 1.59. The van der Waals surface area contributed by atoms with Crippen molar-refractivity contribution in [3.05, 3.63) is 53.8 Å². The van der Waals surface area contributed by atoms with E-state index in [2.05, 4.69) is 0 Å². The number of nitriles is 1. The van der Waals surface area contributed by atoms with Crippen LogP contribution in [0.3, 0.4) is 0 Å². The molecular weight excluding hydrogens is 273 g/mol. The van der Waals surface area contributed by atoms with Gasteiger partial charge in [0.2, 0.25) is 0 Å². The van der Waals surface area contributed by atoms with Crippen molar-refractivity contribution >= 4 is 0 Å². The van der Waals surface area contributed by atoms with E-state index in [1.165, 1.54) is 12.1 Å². The molecule has 0 aliphatic carbocycles. The highest BCUT2D eigenvalue weighted by atomic mass is 19.1. The molecule has 0 spiro atoms. The van der Waals surface area contributed by atoms with Crippen molar-refractivity contribution < 1.29 is 18.6 Å². The summed E-state index contributed by atoms with van der Waals surface area (Å²) in [6.07, 6.45) is 0. The molecule has 2 rings (SSSR count). The molecule has 0 radical (unpaired) electrons. The van der Waals surface area contributed by atoms with E-state index in [4.69, 9.17) is 19.5 Å². The van der Waals surface area contributed by atoms with Crippen LogP contribution in [0.2, 0.25) is 0 Å². The minimum atomic E-state index is -0.592. The Morgan fingerprint density at radius 3 is 2.33 bits per heavy atom. The number of nitrogens with zero attached hydrogens (tertiary/aromatic N) is 1. The van der Waals surface area contributed by atoms with Gasteiger partial charge in [-0.05, 0) is 36.4 Å². The van der Waals surface area contributed by atoms with E-state index < -0.39 is 5.82 Å². The van der Waals surface area contributed by atoms with Crippen molar-refractivity contribution in [1.29, 1.82) is 5.26 Å². The van der Waals surface area contributed by atoms with Crippen molar-refractivity contribution in [2.45, 2.75) is 0 Å². The molecule has 0 atom stereocenters. The fourth-order valence-corrected chi connectivity index (χ4v) is 1.72. The van der Waals surface area contributed by atoms with E-state index in [1.807, 2.05) is 0 Å². The van der Waals surface area contributed by atoms with Gasteiger partial charge in [-0.1, -0.05) is 6.07 Å². The standard InChI is InChI=1S/C16H14FNO3/c1-19-12-5-7-13(8-6-12)20-9-10-21-16-4-2-3-15(17)14(16)11-18/h2-8H,9-10H2,1H3. The van der Waals surface area contributed by atoms with Crippen molar-refractivity contribution in [2.75, 3.05) is 20.3 Å². The first kappa shape index (κ1) is 14.7. The first-order valence-corrected chi connectivity index (χ1v) is 6.33. The topological polar surface area (TPSA) is 51.5 Å². The molecule has 0 unspecified atom stereocenters. The van der Waals surface area contributed by atoms with E-state index in [0.717, 1.165) is 5.75 Å². The third-order valence-electron chi connectivity index (χ3n) is 2.76. The molecule has 2 aromatic rings. The van der Waals surface area contributed by atoms with Crippen LogP contribution in [0.4, 0.5) is 4.39 Å². The Balaban J connectivity index is 1.85. The molecule has 0 fully saturated rings. The SMILES string of the molecule is COc1ccc(OCCOc2cccc(F)c2C#N)cc1. The van der Waals surface area contributed by atoms with Crippen LogP contribution in [-0.4, -0.2) is 20.3 Å². The summed E-state index contributed by atoms with van der Waals surface area (Å²) in [5.74, 6) is 1.05. The van der Waals surface area contributed by atoms with Gasteiger partial charge >= 0.3 is 0 Å². The number of methoxy groups -OCH3 is 1. The Morgan fingerprint density at radius 2 is 1.67 bits per heavy atom. The molecule has 0 amide bonds. The van der Waals surface area contributed by atoms with Crippen LogP contribution in [0.25, 0.3) is 0 Å². The molecular formula is C16H14FNO3. The fraction of sp³-hybridized carbons (Fsp3) is 0.188. The van der Waals surface area contributed by atoms with Gasteiger partial charge in [0, 0.05) is 0 Å². The van der Waals surface area contributed by atoms with Gasteiger partial charge in [-0.2, -0.15) is 5.26 Å². The first-order chi connectivity index (χ1) is 10.2. The normalized spacial score (nSPS) is 9.76. The Morgan fingerprint density at radius 1 is 1.00 bits per heavy atom. The first-order valence-electron chi connectivity index (χ1n) is 6.33. The molecule has 21 heavy (non-hydrogen) atoms. The lowest BCUT2D eigenvalue weighted by molar-refractivity contribution is 0.216. The zero-order valence-electron chi connectivity index (χ0n) is 11.5. The number of halogens is 1. The van der Waals surface area contributed by atoms with E-state index in [-0.39, 0.29) is 24.5 Å². The third kappa shape index (κ3) is 3.86. The number of ether oxygens (including phenoxy) is 3. The smallest absolute Gasteiger partial charge is 0.144 e. The highest BCUT2D eigenvalue weighted by molar-refractivity contribution is 5.43. The predicted molar refractivity (Wildman–Crippen MR) is 75.1 cm³/mol. The second-order valence-corrected chi connectivity index (χ2v) is 4.10. The lowest BCUT2D eigenvalue weighted by Gasteiger charge is -2.10. The van der Waals surface area contributed by atoms with Gasteiger partial charge in [-0.25, -0.2) is 4.39 Å². The van der Waals surface area contributed by atoms with Gasteiger partial charge in [0.25, 0.3) is 0 Å². The maximum Gasteiger partial charge on any atom is 0.144 e. The average molecular weight is 287 g/mol. The summed E-state index contributed by atoms with van der Waals surface area (Å²) in [6.45, 7) is 0.498. The van der Waals surface area contributed by atoms with Crippen molar-refractivity contribution in [2.24, 2.45) is 0 Å². The van der Waals surface area contributed by atoms with E-state index in [9.17, 15) is 4.39 Å². The quantitative estimate of drug-likeness (QED) is 0.766. The summed E-state index contributed by atoms with van der Waals surface area (Å²) >= 11 is 0. The Bertz CT molecular complexity index is 635. The second kappa shape index (κ2) is 7.15. The number of hydrogen-bond acceptors (Lipinski definition) is 4. The molecule has 0 aliphatic rings. The number of benzene rings is 2. The van der Waals surface area contributed by atoms with E-state index >= 15 is 0 Å². The van der Waals surface area contributed by atoms with Crippen LogP contribution < -0.4 is 14.2 Å². The van der Waals surface area contributed by atoms with E-state index in [1.54, 1.807) is 43.5 Å². The summed E-state index contributed by atoms with van der Waals surface area (Å²) in [5, 5.41) is 8.87. The highest BCUT2D eigenvalue weighted by Gasteiger charge is 2.08. The van der Waals surface area contributed by atoms with Crippen LogP contribution in [0.1, 0.15) is 5.56 Å². The second-order valence-electron chi connectivity index (χ2n) is 4.10. The largest absolute Gasteiger partial charge is 0.497 e. The number of rotatable bonds is 6. The van der Waals surface area contributed by atoms with Gasteiger partial charge in [0.15, 0.2) is 0 Å². The minimum absolute atomic E-state index is 0.0954. The molecule has 0 aromatic heterocycles. The molecule has 0 bridgehead atoms. The molecule has 5 heteroatoms.